The molecule has 1 aliphatic carbocycles. The van der Waals surface area contributed by atoms with Gasteiger partial charge >= 0.3 is 0 Å². The second-order valence-electron chi connectivity index (χ2n) is 4.46. The van der Waals surface area contributed by atoms with Gasteiger partial charge < -0.3 is 14.6 Å². The van der Waals surface area contributed by atoms with Crippen molar-refractivity contribution in [3.63, 3.8) is 0 Å². The van der Waals surface area contributed by atoms with Crippen molar-refractivity contribution >= 4 is 0 Å². The van der Waals surface area contributed by atoms with Gasteiger partial charge in [0.15, 0.2) is 11.5 Å². The van der Waals surface area contributed by atoms with E-state index in [-0.39, 0.29) is 6.10 Å². The van der Waals surface area contributed by atoms with Gasteiger partial charge in [-0.15, -0.1) is 0 Å². The molecule has 1 aliphatic heterocycles. The summed E-state index contributed by atoms with van der Waals surface area (Å²) < 4.78 is 11.3. The van der Waals surface area contributed by atoms with Crippen LogP contribution in [0.15, 0.2) is 12.1 Å². The lowest BCUT2D eigenvalue weighted by Gasteiger charge is -2.22. The molecular weight excluding hydrogens is 204 g/mol. The highest BCUT2D eigenvalue weighted by Gasteiger charge is 2.22. The first-order chi connectivity index (χ1) is 7.84. The van der Waals surface area contributed by atoms with Crippen molar-refractivity contribution < 1.29 is 14.6 Å². The van der Waals surface area contributed by atoms with E-state index in [2.05, 4.69) is 0 Å². The van der Waals surface area contributed by atoms with Crippen LogP contribution in [0.4, 0.5) is 0 Å². The Hall–Kier alpha value is -1.22. The zero-order chi connectivity index (χ0) is 11.0. The predicted octanol–water partition coefficient (Wildman–Crippen LogP) is 2.22. The van der Waals surface area contributed by atoms with Crippen molar-refractivity contribution in [2.75, 3.05) is 13.2 Å². The molecule has 1 N–H and O–H groups in total. The summed E-state index contributed by atoms with van der Waals surface area (Å²) in [5.74, 6) is 1.63. The van der Waals surface area contributed by atoms with E-state index >= 15 is 0 Å². The number of ether oxygens (including phenoxy) is 2. The minimum atomic E-state index is -0.332. The van der Waals surface area contributed by atoms with Gasteiger partial charge in [0, 0.05) is 6.42 Å². The zero-order valence-electron chi connectivity index (χ0n) is 9.24. The predicted molar refractivity (Wildman–Crippen MR) is 59.9 cm³/mol. The number of benzene rings is 1. The lowest BCUT2D eigenvalue weighted by atomic mass is 9.89. The summed E-state index contributed by atoms with van der Waals surface area (Å²) in [5.41, 5.74) is 2.23. The molecule has 3 rings (SSSR count). The van der Waals surface area contributed by atoms with Gasteiger partial charge in [0.1, 0.15) is 0 Å². The maximum absolute atomic E-state index is 9.94. The van der Waals surface area contributed by atoms with Gasteiger partial charge in [-0.25, -0.2) is 0 Å². The van der Waals surface area contributed by atoms with E-state index in [1.807, 2.05) is 12.1 Å². The molecule has 0 spiro atoms. The Bertz CT molecular complexity index is 400. The summed E-state index contributed by atoms with van der Waals surface area (Å²) >= 11 is 0. The summed E-state index contributed by atoms with van der Waals surface area (Å²) in [6.07, 6.45) is 3.52. The summed E-state index contributed by atoms with van der Waals surface area (Å²) in [6, 6.07) is 4.00. The number of fused-ring (bicyclic) bond motifs is 2. The molecule has 1 heterocycles. The van der Waals surface area contributed by atoms with Crippen molar-refractivity contribution in [2.45, 2.75) is 31.8 Å². The topological polar surface area (TPSA) is 38.7 Å². The molecule has 1 aromatic rings. The third kappa shape index (κ3) is 1.65. The Morgan fingerprint density at radius 3 is 2.62 bits per heavy atom. The third-order valence-electron chi connectivity index (χ3n) is 3.29. The normalized spacial score (nSPS) is 23.4. The van der Waals surface area contributed by atoms with Gasteiger partial charge in [0.25, 0.3) is 0 Å². The fraction of sp³-hybridized carbons (Fsp3) is 0.538. The van der Waals surface area contributed by atoms with Crippen LogP contribution in [0.3, 0.4) is 0 Å². The molecule has 16 heavy (non-hydrogen) atoms. The standard InChI is InChI=1S/C13H16O3/c14-11-4-1-3-9-7-12-13(8-10(9)11)16-6-2-5-15-12/h7-8,11,14H,1-6H2/t11-/m0/s1. The lowest BCUT2D eigenvalue weighted by Crippen LogP contribution is -2.09. The molecule has 0 radical (unpaired) electrons. The van der Waals surface area contributed by atoms with Crippen molar-refractivity contribution in [1.82, 2.24) is 0 Å². The van der Waals surface area contributed by atoms with Crippen LogP contribution in [-0.4, -0.2) is 18.3 Å². The Labute approximate surface area is 95.0 Å². The van der Waals surface area contributed by atoms with Crippen molar-refractivity contribution in [3.05, 3.63) is 23.3 Å². The molecule has 3 heteroatoms. The third-order valence-corrected chi connectivity index (χ3v) is 3.29. The highest BCUT2D eigenvalue weighted by atomic mass is 16.5. The molecule has 3 nitrogen and oxygen atoms in total. The van der Waals surface area contributed by atoms with Gasteiger partial charge in [-0.3, -0.25) is 0 Å². The second-order valence-corrected chi connectivity index (χ2v) is 4.46. The first-order valence-corrected chi connectivity index (χ1v) is 5.95. The number of rotatable bonds is 0. The van der Waals surface area contributed by atoms with Crippen LogP contribution in [0.2, 0.25) is 0 Å². The molecule has 0 saturated heterocycles. The molecule has 0 saturated carbocycles. The molecule has 86 valence electrons. The minimum Gasteiger partial charge on any atom is -0.490 e. The van der Waals surface area contributed by atoms with Crippen LogP contribution < -0.4 is 9.47 Å². The maximum atomic E-state index is 9.94. The summed E-state index contributed by atoms with van der Waals surface area (Å²) in [7, 11) is 0. The fourth-order valence-corrected chi connectivity index (χ4v) is 2.43. The zero-order valence-corrected chi connectivity index (χ0v) is 9.24. The van der Waals surface area contributed by atoms with Gasteiger partial charge in [0.2, 0.25) is 0 Å². The second kappa shape index (κ2) is 3.98. The van der Waals surface area contributed by atoms with Crippen LogP contribution in [0.25, 0.3) is 0 Å². The van der Waals surface area contributed by atoms with E-state index in [9.17, 15) is 5.11 Å². The number of aliphatic hydroxyl groups excluding tert-OH is 1. The SMILES string of the molecule is O[C@H]1CCCc2cc3c(cc21)OCCCO3. The van der Waals surface area contributed by atoms with Gasteiger partial charge in [-0.1, -0.05) is 0 Å². The number of aryl methyl sites for hydroxylation is 1. The smallest absolute Gasteiger partial charge is 0.161 e. The summed E-state index contributed by atoms with van der Waals surface area (Å²) in [6.45, 7) is 1.41. The molecule has 2 aliphatic rings. The molecule has 0 bridgehead atoms. The number of hydrogen-bond acceptors (Lipinski definition) is 3. The Kier molecular flexibility index (Phi) is 2.48. The first-order valence-electron chi connectivity index (χ1n) is 5.95. The van der Waals surface area contributed by atoms with Crippen LogP contribution in [0.5, 0.6) is 11.5 Å². The molecule has 0 fully saturated rings. The van der Waals surface area contributed by atoms with Crippen LogP contribution in [0.1, 0.15) is 36.5 Å². The van der Waals surface area contributed by atoms with Gasteiger partial charge in [-0.05, 0) is 42.5 Å². The molecule has 1 atom stereocenters. The van der Waals surface area contributed by atoms with E-state index in [4.69, 9.17) is 9.47 Å². The monoisotopic (exact) mass is 220 g/mol. The lowest BCUT2D eigenvalue weighted by molar-refractivity contribution is 0.156. The van der Waals surface area contributed by atoms with Gasteiger partial charge in [-0.2, -0.15) is 0 Å². The van der Waals surface area contributed by atoms with E-state index in [0.29, 0.717) is 13.2 Å². The van der Waals surface area contributed by atoms with E-state index in [1.165, 1.54) is 5.56 Å². The molecule has 0 aromatic heterocycles. The van der Waals surface area contributed by atoms with Crippen LogP contribution in [-0.2, 0) is 6.42 Å². The highest BCUT2D eigenvalue weighted by Crippen LogP contribution is 2.39. The average Bonchev–Trinajstić information content (AvgIpc) is 2.52. The largest absolute Gasteiger partial charge is 0.490 e. The van der Waals surface area contributed by atoms with Crippen molar-refractivity contribution in [2.24, 2.45) is 0 Å². The van der Waals surface area contributed by atoms with E-state index in [0.717, 1.165) is 42.7 Å². The fourth-order valence-electron chi connectivity index (χ4n) is 2.43. The molecule has 0 unspecified atom stereocenters. The molecular formula is C13H16O3. The van der Waals surface area contributed by atoms with E-state index < -0.39 is 0 Å². The van der Waals surface area contributed by atoms with Crippen molar-refractivity contribution in [3.8, 4) is 11.5 Å². The molecule has 1 aromatic carbocycles. The minimum absolute atomic E-state index is 0.332. The molecule has 0 amide bonds. The van der Waals surface area contributed by atoms with E-state index in [1.54, 1.807) is 0 Å². The van der Waals surface area contributed by atoms with Crippen LogP contribution >= 0.6 is 0 Å². The maximum Gasteiger partial charge on any atom is 0.161 e. The summed E-state index contributed by atoms with van der Waals surface area (Å²) in [5, 5.41) is 9.94. The van der Waals surface area contributed by atoms with Crippen molar-refractivity contribution in [1.29, 1.82) is 0 Å². The van der Waals surface area contributed by atoms with Crippen LogP contribution in [0, 0.1) is 0 Å². The van der Waals surface area contributed by atoms with Gasteiger partial charge in [0.05, 0.1) is 19.3 Å². The first kappa shape index (κ1) is 9.97. The Morgan fingerprint density at radius 2 is 1.81 bits per heavy atom. The number of hydrogen-bond donors (Lipinski definition) is 1. The highest BCUT2D eigenvalue weighted by molar-refractivity contribution is 5.49. The quantitative estimate of drug-likeness (QED) is 0.728. The average molecular weight is 220 g/mol. The number of aliphatic hydroxyl groups is 1. The summed E-state index contributed by atoms with van der Waals surface area (Å²) in [4.78, 5) is 0. The Morgan fingerprint density at radius 1 is 1.06 bits per heavy atom. The Balaban J connectivity index is 2.05.